The minimum atomic E-state index is -0.313. The van der Waals surface area contributed by atoms with Crippen LogP contribution in [0, 0.1) is 11.8 Å². The first-order valence-corrected chi connectivity index (χ1v) is 7.09. The fourth-order valence-electron chi connectivity index (χ4n) is 2.36. The molecule has 0 bridgehead atoms. The van der Waals surface area contributed by atoms with Crippen LogP contribution in [-0.4, -0.2) is 18.5 Å². The van der Waals surface area contributed by atoms with E-state index in [0.717, 1.165) is 17.2 Å². The van der Waals surface area contributed by atoms with Gasteiger partial charge in [0.25, 0.3) is 5.91 Å². The lowest BCUT2D eigenvalue weighted by Gasteiger charge is -2.07. The highest BCUT2D eigenvalue weighted by Gasteiger charge is 2.40. The summed E-state index contributed by atoms with van der Waals surface area (Å²) in [6.45, 7) is 1.77. The molecule has 1 N–H and O–H groups in total. The Balaban J connectivity index is 1.57. The van der Waals surface area contributed by atoms with Gasteiger partial charge in [-0.15, -0.1) is 0 Å². The summed E-state index contributed by atoms with van der Waals surface area (Å²) in [6, 6.07) is 13.6. The molecule has 0 spiro atoms. The Kier molecular flexibility index (Phi) is 3.60. The van der Waals surface area contributed by atoms with E-state index in [1.165, 1.54) is 0 Å². The van der Waals surface area contributed by atoms with Gasteiger partial charge in [0, 0.05) is 5.69 Å². The van der Waals surface area contributed by atoms with Crippen molar-refractivity contribution in [3.05, 3.63) is 42.5 Å². The molecule has 0 unspecified atom stereocenters. The molecule has 0 aromatic heterocycles. The lowest BCUT2D eigenvalue weighted by molar-refractivity contribution is -0.148. The Hall–Kier alpha value is -2.36. The number of fused-ring (bicyclic) bond motifs is 1. The van der Waals surface area contributed by atoms with Gasteiger partial charge in [0.2, 0.25) is 0 Å². The van der Waals surface area contributed by atoms with E-state index in [1.54, 1.807) is 0 Å². The Morgan fingerprint density at radius 3 is 2.62 bits per heavy atom. The lowest BCUT2D eigenvalue weighted by Crippen LogP contribution is -2.21. The number of hydrogen-bond donors (Lipinski definition) is 1. The summed E-state index contributed by atoms with van der Waals surface area (Å²) in [4.78, 5) is 23.3. The van der Waals surface area contributed by atoms with Crippen LogP contribution < -0.4 is 5.32 Å². The molecular formula is C17H17NO3. The molecule has 4 heteroatoms. The maximum Gasteiger partial charge on any atom is 0.309 e. The minimum absolute atomic E-state index is 0.0153. The van der Waals surface area contributed by atoms with E-state index in [9.17, 15) is 9.59 Å². The van der Waals surface area contributed by atoms with Gasteiger partial charge >= 0.3 is 5.97 Å². The van der Waals surface area contributed by atoms with Crippen molar-refractivity contribution in [2.24, 2.45) is 11.8 Å². The molecule has 1 amide bonds. The predicted octanol–water partition coefficient (Wildman–Crippen LogP) is 2.98. The molecule has 0 saturated heterocycles. The number of esters is 1. The zero-order chi connectivity index (χ0) is 14.8. The molecule has 0 heterocycles. The average molecular weight is 283 g/mol. The first-order chi connectivity index (χ1) is 10.1. The largest absolute Gasteiger partial charge is 0.455 e. The van der Waals surface area contributed by atoms with Crippen molar-refractivity contribution in [1.29, 1.82) is 0 Å². The Labute approximate surface area is 123 Å². The molecule has 0 aliphatic heterocycles. The van der Waals surface area contributed by atoms with E-state index in [1.807, 2.05) is 49.4 Å². The minimum Gasteiger partial charge on any atom is -0.455 e. The monoisotopic (exact) mass is 283 g/mol. The maximum absolute atomic E-state index is 11.8. The van der Waals surface area contributed by atoms with Crippen LogP contribution in [0.25, 0.3) is 10.8 Å². The van der Waals surface area contributed by atoms with Gasteiger partial charge < -0.3 is 10.1 Å². The lowest BCUT2D eigenvalue weighted by atomic mass is 10.1. The van der Waals surface area contributed by atoms with Crippen LogP contribution in [0.3, 0.4) is 0 Å². The fraction of sp³-hybridized carbons (Fsp3) is 0.294. The van der Waals surface area contributed by atoms with Crippen molar-refractivity contribution in [1.82, 2.24) is 0 Å². The van der Waals surface area contributed by atoms with Crippen molar-refractivity contribution < 1.29 is 14.3 Å². The molecule has 2 aromatic rings. The van der Waals surface area contributed by atoms with Crippen LogP contribution in [0.1, 0.15) is 13.3 Å². The van der Waals surface area contributed by atoms with Gasteiger partial charge in [0.05, 0.1) is 5.92 Å². The summed E-state index contributed by atoms with van der Waals surface area (Å²) in [5.74, 6) is -0.206. The summed E-state index contributed by atoms with van der Waals surface area (Å²) in [5.41, 5.74) is 0.703. The Morgan fingerprint density at radius 1 is 1.19 bits per heavy atom. The van der Waals surface area contributed by atoms with Crippen molar-refractivity contribution in [3.8, 4) is 0 Å². The number of benzene rings is 2. The third kappa shape index (κ3) is 3.21. The third-order valence-corrected chi connectivity index (χ3v) is 3.79. The first-order valence-electron chi connectivity index (χ1n) is 7.09. The molecule has 1 saturated carbocycles. The number of hydrogen-bond acceptors (Lipinski definition) is 3. The zero-order valence-electron chi connectivity index (χ0n) is 11.8. The van der Waals surface area contributed by atoms with Gasteiger partial charge in [-0.2, -0.15) is 0 Å². The normalized spacial score (nSPS) is 20.0. The molecule has 1 fully saturated rings. The van der Waals surface area contributed by atoms with E-state index < -0.39 is 0 Å². The molecule has 2 aromatic carbocycles. The third-order valence-electron chi connectivity index (χ3n) is 3.79. The average Bonchev–Trinajstić information content (AvgIpc) is 3.22. The van der Waals surface area contributed by atoms with E-state index in [2.05, 4.69) is 5.32 Å². The molecule has 0 radical (unpaired) electrons. The van der Waals surface area contributed by atoms with Crippen molar-refractivity contribution in [2.45, 2.75) is 13.3 Å². The topological polar surface area (TPSA) is 55.4 Å². The molecule has 3 rings (SSSR count). The van der Waals surface area contributed by atoms with Gasteiger partial charge in [-0.3, -0.25) is 9.59 Å². The second kappa shape index (κ2) is 5.56. The second-order valence-electron chi connectivity index (χ2n) is 5.54. The number of nitrogens with one attached hydrogen (secondary N) is 1. The molecule has 1 aliphatic rings. The molecule has 4 nitrogen and oxygen atoms in total. The Bertz CT molecular complexity index is 695. The van der Waals surface area contributed by atoms with Gasteiger partial charge in [0.15, 0.2) is 6.61 Å². The van der Waals surface area contributed by atoms with E-state index in [-0.39, 0.29) is 24.4 Å². The van der Waals surface area contributed by atoms with Crippen molar-refractivity contribution in [2.75, 3.05) is 11.9 Å². The standard InChI is InChI=1S/C17H17NO3/c1-11-8-15(11)17(20)21-10-16(19)18-14-7-6-12-4-2-3-5-13(12)9-14/h2-7,9,11,15H,8,10H2,1H3,(H,18,19)/t11-,15+/m0/s1. The van der Waals surface area contributed by atoms with E-state index >= 15 is 0 Å². The van der Waals surface area contributed by atoms with Crippen LogP contribution in [0.4, 0.5) is 5.69 Å². The Morgan fingerprint density at radius 2 is 1.90 bits per heavy atom. The number of anilines is 1. The zero-order valence-corrected chi connectivity index (χ0v) is 11.8. The molecule has 1 aliphatic carbocycles. The summed E-state index contributed by atoms with van der Waals surface area (Å²) in [5, 5.41) is 4.91. The highest BCUT2D eigenvalue weighted by molar-refractivity contribution is 5.95. The number of amides is 1. The number of rotatable bonds is 4. The fourth-order valence-corrected chi connectivity index (χ4v) is 2.36. The number of carbonyl (C=O) groups is 2. The van der Waals surface area contributed by atoms with Crippen molar-refractivity contribution >= 4 is 28.3 Å². The van der Waals surface area contributed by atoms with Gasteiger partial charge in [-0.05, 0) is 35.2 Å². The second-order valence-corrected chi connectivity index (χ2v) is 5.54. The van der Waals surface area contributed by atoms with E-state index in [4.69, 9.17) is 4.74 Å². The predicted molar refractivity (Wildman–Crippen MR) is 80.8 cm³/mol. The van der Waals surface area contributed by atoms with Gasteiger partial charge in [-0.1, -0.05) is 37.3 Å². The number of carbonyl (C=O) groups excluding carboxylic acids is 2. The van der Waals surface area contributed by atoms with Gasteiger partial charge in [-0.25, -0.2) is 0 Å². The summed E-state index contributed by atoms with van der Waals surface area (Å²) >= 11 is 0. The van der Waals surface area contributed by atoms with Crippen LogP contribution in [0.15, 0.2) is 42.5 Å². The summed E-state index contributed by atoms with van der Waals surface area (Å²) in [7, 11) is 0. The van der Waals surface area contributed by atoms with E-state index in [0.29, 0.717) is 11.6 Å². The molecule has 21 heavy (non-hydrogen) atoms. The summed E-state index contributed by atoms with van der Waals surface area (Å²) < 4.78 is 5.01. The van der Waals surface area contributed by atoms with Crippen LogP contribution in [0.2, 0.25) is 0 Å². The smallest absolute Gasteiger partial charge is 0.309 e. The quantitative estimate of drug-likeness (QED) is 0.878. The van der Waals surface area contributed by atoms with Crippen LogP contribution in [-0.2, 0) is 14.3 Å². The van der Waals surface area contributed by atoms with Crippen LogP contribution >= 0.6 is 0 Å². The number of ether oxygens (including phenoxy) is 1. The van der Waals surface area contributed by atoms with Crippen molar-refractivity contribution in [3.63, 3.8) is 0 Å². The first kappa shape index (κ1) is 13.6. The highest BCUT2D eigenvalue weighted by Crippen LogP contribution is 2.38. The maximum atomic E-state index is 11.8. The van der Waals surface area contributed by atoms with Gasteiger partial charge in [0.1, 0.15) is 0 Å². The molecule has 108 valence electrons. The molecule has 2 atom stereocenters. The SMILES string of the molecule is C[C@H]1C[C@H]1C(=O)OCC(=O)Nc1ccc2ccccc2c1. The molecular weight excluding hydrogens is 266 g/mol. The summed E-state index contributed by atoms with van der Waals surface area (Å²) in [6.07, 6.45) is 0.866. The van der Waals surface area contributed by atoms with Crippen LogP contribution in [0.5, 0.6) is 0 Å². The highest BCUT2D eigenvalue weighted by atomic mass is 16.5.